The molecule has 3 rings (SSSR count). The number of hydrogen-bond donors (Lipinski definition) is 0. The normalized spacial score (nSPS) is 10.9. The molecule has 0 saturated carbocycles. The van der Waals surface area contributed by atoms with Gasteiger partial charge >= 0.3 is 0 Å². The van der Waals surface area contributed by atoms with Gasteiger partial charge in [-0.25, -0.2) is 0 Å². The van der Waals surface area contributed by atoms with Crippen LogP contribution in [0.4, 0.5) is 0 Å². The van der Waals surface area contributed by atoms with Crippen LogP contribution in [0.2, 0.25) is 0 Å². The van der Waals surface area contributed by atoms with E-state index in [1.807, 2.05) is 9.24 Å². The molecule has 0 nitrogen and oxygen atoms in total. The van der Waals surface area contributed by atoms with Crippen molar-refractivity contribution in [3.8, 4) is 0 Å². The van der Waals surface area contributed by atoms with Crippen LogP contribution >= 0.6 is 9.24 Å². The van der Waals surface area contributed by atoms with Gasteiger partial charge in [-0.15, -0.1) is 0 Å². The zero-order chi connectivity index (χ0) is 14.5. The lowest BCUT2D eigenvalue weighted by atomic mass is 9.71. The van der Waals surface area contributed by atoms with Crippen LogP contribution < -0.4 is 12.4 Å². The van der Waals surface area contributed by atoms with Crippen molar-refractivity contribution in [2.24, 2.45) is 0 Å². The number of hydrogen-bond acceptors (Lipinski definition) is 0. The molecule has 0 saturated heterocycles. The summed E-state index contributed by atoms with van der Waals surface area (Å²) < 4.78 is 0. The summed E-state index contributed by atoms with van der Waals surface area (Å²) >= 11 is 0. The molecule has 0 aliphatic carbocycles. The van der Waals surface area contributed by atoms with Crippen molar-refractivity contribution in [2.45, 2.75) is 5.41 Å². The Labute approximate surface area is 141 Å². The van der Waals surface area contributed by atoms with E-state index in [1.54, 1.807) is 0 Å². The molecule has 0 aliphatic rings. The van der Waals surface area contributed by atoms with Gasteiger partial charge in [-0.05, 0) is 25.9 Å². The summed E-state index contributed by atoms with van der Waals surface area (Å²) in [6.07, 6.45) is 1.06. The molecule has 3 aromatic carbocycles. The monoisotopic (exact) mass is 326 g/mol. The highest BCUT2D eigenvalue weighted by Gasteiger charge is 2.36. The van der Waals surface area contributed by atoms with Crippen LogP contribution in [0, 0.1) is 0 Å². The van der Waals surface area contributed by atoms with Crippen LogP contribution in [-0.2, 0) is 5.41 Å². The summed E-state index contributed by atoms with van der Waals surface area (Å²) in [6.45, 7) is 0. The van der Waals surface area contributed by atoms with E-state index in [1.165, 1.54) is 16.7 Å². The molecule has 22 heavy (non-hydrogen) atoms. The van der Waals surface area contributed by atoms with Crippen LogP contribution in [0.1, 0.15) is 16.7 Å². The van der Waals surface area contributed by atoms with E-state index in [4.69, 9.17) is 0 Å². The zero-order valence-corrected chi connectivity index (χ0v) is 14.6. The first kappa shape index (κ1) is 16.7. The summed E-state index contributed by atoms with van der Waals surface area (Å²) in [6, 6.07) is 32.5. The van der Waals surface area contributed by atoms with Crippen LogP contribution in [0.3, 0.4) is 0 Å². The van der Waals surface area contributed by atoms with Crippen LogP contribution in [0.5, 0.6) is 0 Å². The van der Waals surface area contributed by atoms with Gasteiger partial charge in [0.2, 0.25) is 0 Å². The molecule has 0 bridgehead atoms. The number of halogens is 1. The molecule has 1 atom stereocenters. The van der Waals surface area contributed by atoms with Gasteiger partial charge in [0.1, 0.15) is 0 Å². The Balaban J connectivity index is 0.00000176. The highest BCUT2D eigenvalue weighted by Crippen LogP contribution is 2.40. The van der Waals surface area contributed by atoms with Gasteiger partial charge in [0.25, 0.3) is 0 Å². The average Bonchev–Trinajstić information content (AvgIpc) is 2.59. The van der Waals surface area contributed by atoms with Crippen LogP contribution in [-0.4, -0.2) is 6.16 Å². The Kier molecular flexibility index (Phi) is 5.77. The summed E-state index contributed by atoms with van der Waals surface area (Å²) in [5.74, 6) is 0. The lowest BCUT2D eigenvalue weighted by Crippen LogP contribution is -3.00. The van der Waals surface area contributed by atoms with Crippen molar-refractivity contribution in [1.82, 2.24) is 0 Å². The standard InChI is InChI=1S/C20H19P.ClH/c21-16-20(17-10-4-1-5-11-17,18-12-6-2-7-13-18)19-14-8-3-9-15-19;/h1-15H,16,21H2;1H. The Morgan fingerprint density at radius 1 is 0.545 bits per heavy atom. The second-order valence-corrected chi connectivity index (χ2v) is 5.75. The Bertz CT molecular complexity index is 584. The maximum atomic E-state index is 2.24. The van der Waals surface area contributed by atoms with Gasteiger partial charge in [-0.3, -0.25) is 0 Å². The average molecular weight is 327 g/mol. The first-order valence-corrected chi connectivity index (χ1v) is 8.34. The molecule has 0 amide bonds. The van der Waals surface area contributed by atoms with Gasteiger partial charge < -0.3 is 12.4 Å². The third-order valence-corrected chi connectivity index (χ3v) is 4.92. The molecule has 112 valence electrons. The fraction of sp³-hybridized carbons (Fsp3) is 0.100. The van der Waals surface area contributed by atoms with Crippen molar-refractivity contribution in [3.05, 3.63) is 108 Å². The summed E-state index contributed by atoms with van der Waals surface area (Å²) in [5.41, 5.74) is 4.01. The van der Waals surface area contributed by atoms with E-state index < -0.39 is 0 Å². The smallest absolute Gasteiger partial charge is 0.0782 e. The van der Waals surface area contributed by atoms with Gasteiger partial charge in [0, 0.05) is 0 Å². The Morgan fingerprint density at radius 3 is 1.05 bits per heavy atom. The van der Waals surface area contributed by atoms with Gasteiger partial charge in [-0.1, -0.05) is 91.0 Å². The molecule has 3 aromatic rings. The van der Waals surface area contributed by atoms with Gasteiger partial charge in [0.05, 0.1) is 11.6 Å². The van der Waals surface area contributed by atoms with Gasteiger partial charge in [-0.2, -0.15) is 0 Å². The molecule has 1 unspecified atom stereocenters. The van der Waals surface area contributed by atoms with Crippen molar-refractivity contribution in [1.29, 1.82) is 0 Å². The van der Waals surface area contributed by atoms with Gasteiger partial charge in [0.15, 0.2) is 0 Å². The fourth-order valence-corrected chi connectivity index (χ4v) is 3.97. The minimum absolute atomic E-state index is 0. The molecular weight excluding hydrogens is 307 g/mol. The van der Waals surface area contributed by atoms with Crippen molar-refractivity contribution in [2.75, 3.05) is 6.16 Å². The van der Waals surface area contributed by atoms with Crippen molar-refractivity contribution < 1.29 is 12.4 Å². The van der Waals surface area contributed by atoms with E-state index >= 15 is 0 Å². The molecular formula is C20H20ClP. The van der Waals surface area contributed by atoms with E-state index in [2.05, 4.69) is 91.0 Å². The van der Waals surface area contributed by atoms with E-state index in [-0.39, 0.29) is 17.8 Å². The first-order chi connectivity index (χ1) is 10.4. The summed E-state index contributed by atoms with van der Waals surface area (Å²) in [4.78, 5) is 0. The minimum atomic E-state index is -0.0672. The SMILES string of the molecule is [Cl-].[PH3+]CC(c1ccccc1)(c1ccccc1)c1ccccc1. The molecule has 2 heteroatoms. The second kappa shape index (κ2) is 7.58. The highest BCUT2D eigenvalue weighted by atomic mass is 35.5. The quantitative estimate of drug-likeness (QED) is 0.505. The first-order valence-electron chi connectivity index (χ1n) is 7.34. The molecule has 0 fully saturated rings. The Hall–Kier alpha value is -1.62. The van der Waals surface area contributed by atoms with Crippen molar-refractivity contribution in [3.63, 3.8) is 0 Å². The fourth-order valence-electron chi connectivity index (χ4n) is 3.10. The van der Waals surface area contributed by atoms with E-state index in [0.29, 0.717) is 0 Å². The summed E-state index contributed by atoms with van der Waals surface area (Å²) in [7, 11) is 2.05. The topological polar surface area (TPSA) is 0 Å². The molecule has 0 heterocycles. The molecule has 0 aromatic heterocycles. The van der Waals surface area contributed by atoms with E-state index in [0.717, 1.165) is 6.16 Å². The predicted octanol–water partition coefficient (Wildman–Crippen LogP) is 1.63. The summed E-state index contributed by atoms with van der Waals surface area (Å²) in [5, 5.41) is 0. The van der Waals surface area contributed by atoms with E-state index in [9.17, 15) is 0 Å². The third-order valence-electron chi connectivity index (χ3n) is 4.17. The Morgan fingerprint density at radius 2 is 0.818 bits per heavy atom. The lowest BCUT2D eigenvalue weighted by Gasteiger charge is -2.32. The maximum absolute atomic E-state index is 2.24. The predicted molar refractivity (Wildman–Crippen MR) is 95.2 cm³/mol. The van der Waals surface area contributed by atoms with Crippen LogP contribution in [0.25, 0.3) is 0 Å². The maximum Gasteiger partial charge on any atom is 0.0782 e. The minimum Gasteiger partial charge on any atom is -1.00 e. The lowest BCUT2D eigenvalue weighted by molar-refractivity contribution is -0.00000401. The second-order valence-electron chi connectivity index (χ2n) is 5.25. The number of rotatable bonds is 4. The largest absolute Gasteiger partial charge is 1.00 e. The third kappa shape index (κ3) is 2.95. The van der Waals surface area contributed by atoms with Crippen LogP contribution in [0.15, 0.2) is 91.0 Å². The molecule has 0 spiro atoms. The zero-order valence-electron chi connectivity index (χ0n) is 12.5. The molecule has 0 radical (unpaired) electrons. The number of benzene rings is 3. The highest BCUT2D eigenvalue weighted by molar-refractivity contribution is 7.16. The molecule has 0 aliphatic heterocycles. The molecule has 0 N–H and O–H groups in total. The van der Waals surface area contributed by atoms with Crippen molar-refractivity contribution >= 4 is 9.24 Å².